The lowest BCUT2D eigenvalue weighted by molar-refractivity contribution is -0.127. The van der Waals surface area contributed by atoms with E-state index in [0.717, 1.165) is 17.9 Å². The number of amides is 1. The minimum atomic E-state index is 0.00109. The molecule has 0 unspecified atom stereocenters. The summed E-state index contributed by atoms with van der Waals surface area (Å²) in [5, 5.41) is 3.25. The van der Waals surface area contributed by atoms with Crippen LogP contribution in [0.4, 0.5) is 0 Å². The van der Waals surface area contributed by atoms with Crippen LogP contribution in [0.1, 0.15) is 53.6 Å². The third-order valence-corrected chi connectivity index (χ3v) is 6.27. The molecule has 3 rings (SSSR count). The normalized spacial score (nSPS) is 26.0. The molecule has 2 saturated carbocycles. The summed E-state index contributed by atoms with van der Waals surface area (Å²) in [7, 11) is 1.62. The van der Waals surface area contributed by atoms with Gasteiger partial charge in [0.2, 0.25) is 0 Å². The van der Waals surface area contributed by atoms with Gasteiger partial charge in [-0.2, -0.15) is 0 Å². The maximum absolute atomic E-state index is 12.6. The molecule has 0 radical (unpaired) electrons. The topological polar surface area (TPSA) is 47.6 Å². The fourth-order valence-electron chi connectivity index (χ4n) is 4.11. The molecule has 0 saturated heterocycles. The lowest BCUT2D eigenvalue weighted by Crippen LogP contribution is -2.63. The summed E-state index contributed by atoms with van der Waals surface area (Å²) >= 11 is 1.50. The molecule has 1 spiro atoms. The number of rotatable bonds is 5. The Morgan fingerprint density at radius 3 is 2.82 bits per heavy atom. The molecular weight excluding hydrogens is 298 g/mol. The van der Waals surface area contributed by atoms with Crippen LogP contribution < -0.4 is 10.1 Å². The van der Waals surface area contributed by atoms with E-state index in [4.69, 9.17) is 9.47 Å². The van der Waals surface area contributed by atoms with Gasteiger partial charge in [-0.3, -0.25) is 4.79 Å². The summed E-state index contributed by atoms with van der Waals surface area (Å²) in [6, 6.07) is 2.17. The Kier molecular flexibility index (Phi) is 4.46. The lowest BCUT2D eigenvalue weighted by atomic mass is 9.60. The Bertz CT molecular complexity index is 548. The van der Waals surface area contributed by atoms with Crippen LogP contribution in [0.3, 0.4) is 0 Å². The third kappa shape index (κ3) is 2.54. The van der Waals surface area contributed by atoms with E-state index in [1.807, 2.05) is 19.9 Å². The van der Waals surface area contributed by atoms with Crippen molar-refractivity contribution >= 4 is 17.2 Å². The minimum Gasteiger partial charge on any atom is -0.495 e. The molecule has 22 heavy (non-hydrogen) atoms. The van der Waals surface area contributed by atoms with Crippen LogP contribution in [0.25, 0.3) is 0 Å². The first-order chi connectivity index (χ1) is 10.6. The zero-order valence-electron chi connectivity index (χ0n) is 13.6. The Morgan fingerprint density at radius 2 is 2.18 bits per heavy atom. The molecule has 1 amide bonds. The van der Waals surface area contributed by atoms with Gasteiger partial charge in [0, 0.05) is 22.9 Å². The van der Waals surface area contributed by atoms with Gasteiger partial charge in [-0.25, -0.2) is 0 Å². The molecule has 1 aromatic heterocycles. The van der Waals surface area contributed by atoms with Crippen molar-refractivity contribution in [1.29, 1.82) is 0 Å². The fourth-order valence-corrected chi connectivity index (χ4v) is 5.00. The van der Waals surface area contributed by atoms with Gasteiger partial charge in [-0.1, -0.05) is 12.8 Å². The number of thiophene rings is 1. The third-order valence-electron chi connectivity index (χ3n) is 5.24. The number of methoxy groups -OCH3 is 1. The van der Waals surface area contributed by atoms with Gasteiger partial charge in [0.15, 0.2) is 0 Å². The first-order valence-corrected chi connectivity index (χ1v) is 8.99. The molecule has 4 nitrogen and oxygen atoms in total. The first-order valence-electron chi connectivity index (χ1n) is 8.17. The summed E-state index contributed by atoms with van der Waals surface area (Å²) in [5.74, 6) is 0.683. The largest absolute Gasteiger partial charge is 0.495 e. The van der Waals surface area contributed by atoms with E-state index in [0.29, 0.717) is 16.7 Å². The van der Waals surface area contributed by atoms with E-state index in [-0.39, 0.29) is 17.4 Å². The number of hydrogen-bond acceptors (Lipinski definition) is 4. The average Bonchev–Trinajstić information content (AvgIpc) is 3.14. The van der Waals surface area contributed by atoms with E-state index >= 15 is 0 Å². The number of hydrogen-bond donors (Lipinski definition) is 1. The minimum absolute atomic E-state index is 0.00109. The Balaban J connectivity index is 1.71. The van der Waals surface area contributed by atoms with E-state index in [9.17, 15) is 4.79 Å². The second-order valence-corrected chi connectivity index (χ2v) is 7.66. The maximum Gasteiger partial charge on any atom is 0.265 e. The van der Waals surface area contributed by atoms with Crippen LogP contribution in [0, 0.1) is 12.3 Å². The Morgan fingerprint density at radius 1 is 1.45 bits per heavy atom. The predicted octanol–water partition coefficient (Wildman–Crippen LogP) is 3.53. The van der Waals surface area contributed by atoms with Gasteiger partial charge in [0.1, 0.15) is 10.6 Å². The molecule has 2 aliphatic rings. The van der Waals surface area contributed by atoms with E-state index in [2.05, 4.69) is 5.32 Å². The van der Waals surface area contributed by atoms with Gasteiger partial charge < -0.3 is 14.8 Å². The second kappa shape index (κ2) is 6.20. The van der Waals surface area contributed by atoms with Crippen LogP contribution in [0.5, 0.6) is 5.75 Å². The van der Waals surface area contributed by atoms with Crippen molar-refractivity contribution in [2.75, 3.05) is 13.7 Å². The monoisotopic (exact) mass is 323 g/mol. The van der Waals surface area contributed by atoms with Crippen molar-refractivity contribution in [2.45, 2.75) is 58.1 Å². The zero-order valence-corrected chi connectivity index (χ0v) is 14.4. The van der Waals surface area contributed by atoms with Crippen LogP contribution in [0.2, 0.25) is 0 Å². The van der Waals surface area contributed by atoms with Gasteiger partial charge in [0.05, 0.1) is 13.2 Å². The van der Waals surface area contributed by atoms with Gasteiger partial charge >= 0.3 is 0 Å². The Labute approximate surface area is 136 Å². The molecule has 0 bridgehead atoms. The van der Waals surface area contributed by atoms with E-state index < -0.39 is 0 Å². The highest BCUT2D eigenvalue weighted by molar-refractivity contribution is 7.14. The smallest absolute Gasteiger partial charge is 0.265 e. The number of carbonyl (C=O) groups is 1. The van der Waals surface area contributed by atoms with Crippen LogP contribution >= 0.6 is 11.3 Å². The first kappa shape index (κ1) is 15.8. The highest BCUT2D eigenvalue weighted by Gasteiger charge is 2.57. The maximum atomic E-state index is 12.6. The molecule has 5 heteroatoms. The van der Waals surface area contributed by atoms with Crippen molar-refractivity contribution in [3.05, 3.63) is 15.8 Å². The van der Waals surface area contributed by atoms with Crippen LogP contribution in [0.15, 0.2) is 6.07 Å². The van der Waals surface area contributed by atoms with Crippen LogP contribution in [-0.4, -0.2) is 31.8 Å². The molecule has 0 aromatic carbocycles. The SMILES string of the molecule is CCO[C@H]1C[C@H](NC(=O)c2sc(C)cc2OC)C12CCCC2. The lowest BCUT2D eigenvalue weighted by Gasteiger charge is -2.54. The molecule has 2 atom stereocenters. The number of nitrogens with one attached hydrogen (secondary N) is 1. The number of aryl methyl sites for hydroxylation is 1. The molecule has 122 valence electrons. The fraction of sp³-hybridized carbons (Fsp3) is 0.706. The second-order valence-electron chi connectivity index (χ2n) is 6.40. The summed E-state index contributed by atoms with van der Waals surface area (Å²) < 4.78 is 11.2. The van der Waals surface area contributed by atoms with Gasteiger partial charge in [-0.05, 0) is 39.2 Å². The zero-order chi connectivity index (χ0) is 15.7. The average molecular weight is 323 g/mol. The van der Waals surface area contributed by atoms with Crippen molar-refractivity contribution < 1.29 is 14.3 Å². The van der Waals surface area contributed by atoms with Gasteiger partial charge in [-0.15, -0.1) is 11.3 Å². The summed E-state index contributed by atoms with van der Waals surface area (Å²) in [5.41, 5.74) is 0.172. The number of carbonyl (C=O) groups excluding carboxylic acids is 1. The summed E-state index contributed by atoms with van der Waals surface area (Å²) in [4.78, 5) is 14.4. The molecule has 1 N–H and O–H groups in total. The number of ether oxygens (including phenoxy) is 2. The molecule has 1 aromatic rings. The van der Waals surface area contributed by atoms with Crippen molar-refractivity contribution in [2.24, 2.45) is 5.41 Å². The molecule has 2 fully saturated rings. The van der Waals surface area contributed by atoms with Crippen molar-refractivity contribution in [3.63, 3.8) is 0 Å². The van der Waals surface area contributed by atoms with Gasteiger partial charge in [0.25, 0.3) is 5.91 Å². The van der Waals surface area contributed by atoms with Crippen molar-refractivity contribution in [3.8, 4) is 5.75 Å². The summed E-state index contributed by atoms with van der Waals surface area (Å²) in [6.45, 7) is 4.80. The van der Waals surface area contributed by atoms with Crippen LogP contribution in [-0.2, 0) is 4.74 Å². The quantitative estimate of drug-likeness (QED) is 0.901. The molecule has 1 heterocycles. The predicted molar refractivity (Wildman–Crippen MR) is 87.8 cm³/mol. The highest BCUT2D eigenvalue weighted by atomic mass is 32.1. The van der Waals surface area contributed by atoms with E-state index in [1.54, 1.807) is 7.11 Å². The standard InChI is InChI=1S/C17H25NO3S/c1-4-21-14-10-13(17(14)7-5-6-8-17)18-16(19)15-12(20-3)9-11(2)22-15/h9,13-14H,4-8,10H2,1-3H3,(H,18,19)/t13-,14-/m0/s1. The summed E-state index contributed by atoms with van der Waals surface area (Å²) in [6.07, 6.45) is 6.09. The molecule has 0 aliphatic heterocycles. The molecule has 2 aliphatic carbocycles. The molecular formula is C17H25NO3S. The van der Waals surface area contributed by atoms with E-state index in [1.165, 1.54) is 37.0 Å². The Hall–Kier alpha value is -1.07. The highest BCUT2D eigenvalue weighted by Crippen LogP contribution is 2.54. The van der Waals surface area contributed by atoms with Crippen molar-refractivity contribution in [1.82, 2.24) is 5.32 Å².